The van der Waals surface area contributed by atoms with Crippen LogP contribution in [0.5, 0.6) is 0 Å². The molecule has 102 valence electrons. The van der Waals surface area contributed by atoms with Crippen LogP contribution < -0.4 is 5.32 Å². The minimum atomic E-state index is -0.858. The number of aliphatic carboxylic acids is 1. The number of thioether (sulfide) groups is 1. The van der Waals surface area contributed by atoms with Crippen LogP contribution in [-0.4, -0.2) is 34.5 Å². The van der Waals surface area contributed by atoms with Gasteiger partial charge in [0.15, 0.2) is 0 Å². The van der Waals surface area contributed by atoms with Gasteiger partial charge in [0.05, 0.1) is 11.8 Å². The normalized spacial score (nSPS) is 31.3. The van der Waals surface area contributed by atoms with Crippen molar-refractivity contribution in [3.8, 4) is 0 Å². The molecule has 2 unspecified atom stereocenters. The van der Waals surface area contributed by atoms with E-state index in [-0.39, 0.29) is 16.6 Å². The number of rotatable bonds is 5. The van der Waals surface area contributed by atoms with Crippen molar-refractivity contribution in [3.63, 3.8) is 0 Å². The summed E-state index contributed by atoms with van der Waals surface area (Å²) in [5.74, 6) is -1.84. The lowest BCUT2D eigenvalue weighted by Crippen LogP contribution is -2.46. The maximum absolute atomic E-state index is 12.1. The van der Waals surface area contributed by atoms with E-state index in [1.54, 1.807) is 0 Å². The molecule has 0 heterocycles. The third kappa shape index (κ3) is 2.13. The van der Waals surface area contributed by atoms with Gasteiger partial charge in [-0.2, -0.15) is 11.8 Å². The molecule has 2 atom stereocenters. The zero-order valence-electron chi connectivity index (χ0n) is 11.2. The Balaban J connectivity index is 1.88. The second-order valence-corrected chi connectivity index (χ2v) is 7.35. The smallest absolute Gasteiger partial charge is 0.307 e. The maximum Gasteiger partial charge on any atom is 0.307 e. The molecule has 18 heavy (non-hydrogen) atoms. The van der Waals surface area contributed by atoms with Crippen molar-refractivity contribution < 1.29 is 14.7 Å². The molecule has 2 aliphatic carbocycles. The quantitative estimate of drug-likeness (QED) is 0.799. The minimum absolute atomic E-state index is 0.0901. The van der Waals surface area contributed by atoms with Crippen LogP contribution in [0.2, 0.25) is 0 Å². The average Bonchev–Trinajstić information content (AvgIpc) is 2.80. The van der Waals surface area contributed by atoms with E-state index in [0.29, 0.717) is 6.54 Å². The van der Waals surface area contributed by atoms with Crippen LogP contribution in [0.25, 0.3) is 0 Å². The lowest BCUT2D eigenvalue weighted by atomic mass is 9.84. The summed E-state index contributed by atoms with van der Waals surface area (Å²) in [4.78, 5) is 23.1. The van der Waals surface area contributed by atoms with E-state index in [0.717, 1.165) is 12.8 Å². The number of carbonyl (C=O) groups excluding carboxylic acids is 1. The largest absolute Gasteiger partial charge is 0.481 e. The number of hydrogen-bond donors (Lipinski definition) is 2. The SMILES string of the molecule is CSC1(CNC(=O)C2C(C(=O)O)C2(C)C)CCC1. The van der Waals surface area contributed by atoms with Gasteiger partial charge < -0.3 is 10.4 Å². The highest BCUT2D eigenvalue weighted by Gasteiger charge is 2.65. The predicted octanol–water partition coefficient (Wildman–Crippen LogP) is 1.75. The van der Waals surface area contributed by atoms with Gasteiger partial charge in [0.25, 0.3) is 0 Å². The van der Waals surface area contributed by atoms with E-state index >= 15 is 0 Å². The van der Waals surface area contributed by atoms with Crippen molar-refractivity contribution >= 4 is 23.6 Å². The van der Waals surface area contributed by atoms with Gasteiger partial charge >= 0.3 is 5.97 Å². The summed E-state index contributed by atoms with van der Waals surface area (Å²) in [5.41, 5.74) is -0.401. The van der Waals surface area contributed by atoms with Crippen LogP contribution in [0.1, 0.15) is 33.1 Å². The Morgan fingerprint density at radius 3 is 2.28 bits per heavy atom. The van der Waals surface area contributed by atoms with Crippen molar-refractivity contribution in [2.45, 2.75) is 37.9 Å². The van der Waals surface area contributed by atoms with E-state index < -0.39 is 17.3 Å². The summed E-state index contributed by atoms with van der Waals surface area (Å²) in [6, 6.07) is 0. The fourth-order valence-electron chi connectivity index (χ4n) is 2.97. The Labute approximate surface area is 112 Å². The summed E-state index contributed by atoms with van der Waals surface area (Å²) in [5, 5.41) is 12.0. The molecule has 2 rings (SSSR count). The molecule has 0 bridgehead atoms. The number of carbonyl (C=O) groups is 2. The van der Waals surface area contributed by atoms with E-state index in [2.05, 4.69) is 11.6 Å². The number of carboxylic acids is 1. The van der Waals surface area contributed by atoms with E-state index in [4.69, 9.17) is 5.11 Å². The van der Waals surface area contributed by atoms with Gasteiger partial charge in [0.1, 0.15) is 0 Å². The highest BCUT2D eigenvalue weighted by molar-refractivity contribution is 8.00. The Morgan fingerprint density at radius 2 is 1.94 bits per heavy atom. The van der Waals surface area contributed by atoms with E-state index in [1.165, 1.54) is 6.42 Å². The van der Waals surface area contributed by atoms with Gasteiger partial charge in [-0.05, 0) is 24.5 Å². The maximum atomic E-state index is 12.1. The Bertz CT molecular complexity index is 371. The summed E-state index contributed by atoms with van der Waals surface area (Å²) in [6.07, 6.45) is 5.59. The van der Waals surface area contributed by atoms with Crippen LogP contribution in [-0.2, 0) is 9.59 Å². The predicted molar refractivity (Wildman–Crippen MR) is 71.5 cm³/mol. The zero-order valence-corrected chi connectivity index (χ0v) is 12.0. The Kier molecular flexibility index (Phi) is 3.38. The summed E-state index contributed by atoms with van der Waals surface area (Å²) in [6.45, 7) is 4.37. The van der Waals surface area contributed by atoms with Crippen LogP contribution in [0, 0.1) is 17.3 Å². The number of hydrogen-bond acceptors (Lipinski definition) is 3. The second kappa shape index (κ2) is 4.44. The van der Waals surface area contributed by atoms with E-state index in [9.17, 15) is 9.59 Å². The monoisotopic (exact) mass is 271 g/mol. The molecule has 5 heteroatoms. The number of amides is 1. The van der Waals surface area contributed by atoms with Gasteiger partial charge in [-0.15, -0.1) is 0 Å². The van der Waals surface area contributed by atoms with Crippen LogP contribution in [0.3, 0.4) is 0 Å². The lowest BCUT2D eigenvalue weighted by molar-refractivity contribution is -0.140. The van der Waals surface area contributed by atoms with Crippen LogP contribution in [0.4, 0.5) is 0 Å². The third-order valence-corrected chi connectivity index (χ3v) is 6.08. The number of nitrogens with one attached hydrogen (secondary N) is 1. The molecular weight excluding hydrogens is 250 g/mol. The standard InChI is InChI=1S/C13H21NO3S/c1-12(2)8(9(12)11(16)17)10(15)14-7-13(18-3)5-4-6-13/h8-9H,4-7H2,1-3H3,(H,14,15)(H,16,17). The van der Waals surface area contributed by atoms with Gasteiger partial charge in [-0.3, -0.25) is 9.59 Å². The molecule has 0 saturated heterocycles. The highest BCUT2D eigenvalue weighted by Crippen LogP contribution is 2.58. The molecule has 2 aliphatic rings. The molecule has 0 aliphatic heterocycles. The summed E-state index contributed by atoms with van der Waals surface area (Å²) < 4.78 is 0.202. The Morgan fingerprint density at radius 1 is 1.33 bits per heavy atom. The first-order chi connectivity index (χ1) is 8.34. The molecule has 0 aromatic carbocycles. The molecule has 0 spiro atoms. The molecule has 2 N–H and O–H groups in total. The van der Waals surface area contributed by atoms with Crippen molar-refractivity contribution in [3.05, 3.63) is 0 Å². The van der Waals surface area contributed by atoms with Gasteiger partial charge in [-0.1, -0.05) is 20.3 Å². The van der Waals surface area contributed by atoms with Gasteiger partial charge in [-0.25, -0.2) is 0 Å². The van der Waals surface area contributed by atoms with Crippen LogP contribution in [0.15, 0.2) is 0 Å². The first kappa shape index (κ1) is 13.7. The molecule has 4 nitrogen and oxygen atoms in total. The molecule has 1 amide bonds. The first-order valence-corrected chi connectivity index (χ1v) is 7.62. The van der Waals surface area contributed by atoms with Crippen molar-refractivity contribution in [2.24, 2.45) is 17.3 Å². The van der Waals surface area contributed by atoms with Gasteiger partial charge in [0.2, 0.25) is 5.91 Å². The van der Waals surface area contributed by atoms with Crippen molar-refractivity contribution in [1.82, 2.24) is 5.32 Å². The molecular formula is C13H21NO3S. The third-order valence-electron chi connectivity index (χ3n) is 4.66. The van der Waals surface area contributed by atoms with Crippen molar-refractivity contribution in [2.75, 3.05) is 12.8 Å². The molecule has 2 fully saturated rings. The minimum Gasteiger partial charge on any atom is -0.481 e. The first-order valence-electron chi connectivity index (χ1n) is 6.40. The van der Waals surface area contributed by atoms with E-state index in [1.807, 2.05) is 25.6 Å². The fourth-order valence-corrected chi connectivity index (χ4v) is 3.88. The fraction of sp³-hybridized carbons (Fsp3) is 0.846. The zero-order chi connectivity index (χ0) is 13.6. The van der Waals surface area contributed by atoms with Gasteiger partial charge in [0, 0.05) is 11.3 Å². The molecule has 0 radical (unpaired) electrons. The Hall–Kier alpha value is -0.710. The van der Waals surface area contributed by atoms with Crippen LogP contribution >= 0.6 is 11.8 Å². The molecule has 0 aromatic heterocycles. The highest BCUT2D eigenvalue weighted by atomic mass is 32.2. The van der Waals surface area contributed by atoms with Crippen molar-refractivity contribution in [1.29, 1.82) is 0 Å². The second-order valence-electron chi connectivity index (χ2n) is 6.07. The lowest BCUT2D eigenvalue weighted by Gasteiger charge is -2.40. The molecule has 2 saturated carbocycles. The topological polar surface area (TPSA) is 66.4 Å². The summed E-state index contributed by atoms with van der Waals surface area (Å²) in [7, 11) is 0. The molecule has 0 aromatic rings. The average molecular weight is 271 g/mol. The summed E-state index contributed by atoms with van der Waals surface area (Å²) >= 11 is 1.81. The number of carboxylic acid groups (broad SMARTS) is 1.